The van der Waals surface area contributed by atoms with E-state index in [9.17, 15) is 9.59 Å². The molecule has 2 heterocycles. The minimum Gasteiger partial charge on any atom is -0.272 e. The molecule has 40 heavy (non-hydrogen) atoms. The first-order chi connectivity index (χ1) is 19.6. The molecule has 0 aliphatic heterocycles. The van der Waals surface area contributed by atoms with Crippen molar-refractivity contribution in [3.63, 3.8) is 0 Å². The number of fused-ring (bicyclic) bond motifs is 3. The number of thioether (sulfide) groups is 1. The van der Waals surface area contributed by atoms with E-state index < -0.39 is 0 Å². The van der Waals surface area contributed by atoms with Gasteiger partial charge in [0.1, 0.15) is 4.83 Å². The number of aryl methyl sites for hydroxylation is 3. The Kier molecular flexibility index (Phi) is 7.62. The Morgan fingerprint density at radius 3 is 2.50 bits per heavy atom. The summed E-state index contributed by atoms with van der Waals surface area (Å²) in [5.41, 5.74) is 8.71. The summed E-state index contributed by atoms with van der Waals surface area (Å²) in [6, 6.07) is 26.0. The number of carbonyl (C=O) groups is 1. The van der Waals surface area contributed by atoms with Crippen LogP contribution in [0.15, 0.2) is 93.9 Å². The van der Waals surface area contributed by atoms with Crippen molar-refractivity contribution in [1.29, 1.82) is 0 Å². The Labute approximate surface area is 240 Å². The molecule has 0 radical (unpaired) electrons. The van der Waals surface area contributed by atoms with Crippen LogP contribution in [0.25, 0.3) is 27.0 Å². The third-order valence-electron chi connectivity index (χ3n) is 7.00. The average molecular weight is 565 g/mol. The highest BCUT2D eigenvalue weighted by Crippen LogP contribution is 2.35. The number of nitrogens with one attached hydrogen (secondary N) is 1. The van der Waals surface area contributed by atoms with Crippen LogP contribution in [0.4, 0.5) is 0 Å². The zero-order valence-corrected chi connectivity index (χ0v) is 23.7. The van der Waals surface area contributed by atoms with Crippen LogP contribution in [0.2, 0.25) is 0 Å². The van der Waals surface area contributed by atoms with E-state index in [0.717, 1.165) is 69.4 Å². The summed E-state index contributed by atoms with van der Waals surface area (Å²) in [6.45, 7) is 2.02. The maximum absolute atomic E-state index is 13.8. The molecule has 0 unspecified atom stereocenters. The van der Waals surface area contributed by atoms with Gasteiger partial charge in [0.25, 0.3) is 11.5 Å². The van der Waals surface area contributed by atoms with E-state index >= 15 is 0 Å². The first kappa shape index (κ1) is 26.2. The molecule has 200 valence electrons. The van der Waals surface area contributed by atoms with Crippen molar-refractivity contribution in [2.75, 3.05) is 5.75 Å². The summed E-state index contributed by atoms with van der Waals surface area (Å²) < 4.78 is 1.65. The van der Waals surface area contributed by atoms with E-state index in [-0.39, 0.29) is 17.2 Å². The second-order valence-corrected chi connectivity index (χ2v) is 11.9. The third kappa shape index (κ3) is 5.50. The van der Waals surface area contributed by atoms with Gasteiger partial charge < -0.3 is 0 Å². The van der Waals surface area contributed by atoms with Gasteiger partial charge in [-0.05, 0) is 67.0 Å². The van der Waals surface area contributed by atoms with Crippen molar-refractivity contribution in [3.05, 3.63) is 111 Å². The highest BCUT2D eigenvalue weighted by Gasteiger charge is 2.23. The highest BCUT2D eigenvalue weighted by atomic mass is 32.2. The van der Waals surface area contributed by atoms with Crippen LogP contribution in [0.3, 0.4) is 0 Å². The fourth-order valence-electron chi connectivity index (χ4n) is 4.94. The molecule has 8 heteroatoms. The van der Waals surface area contributed by atoms with Gasteiger partial charge in [-0.2, -0.15) is 5.10 Å². The molecule has 0 fully saturated rings. The van der Waals surface area contributed by atoms with E-state index in [4.69, 9.17) is 4.98 Å². The Bertz CT molecular complexity index is 1760. The first-order valence-electron chi connectivity index (χ1n) is 13.3. The van der Waals surface area contributed by atoms with Crippen molar-refractivity contribution in [3.8, 4) is 16.8 Å². The summed E-state index contributed by atoms with van der Waals surface area (Å²) in [5, 5.41) is 5.38. The Morgan fingerprint density at radius 2 is 1.73 bits per heavy atom. The maximum Gasteiger partial charge on any atom is 0.267 e. The van der Waals surface area contributed by atoms with Gasteiger partial charge in [0.05, 0.1) is 23.0 Å². The van der Waals surface area contributed by atoms with Gasteiger partial charge in [0.15, 0.2) is 5.16 Å². The molecule has 6 rings (SSSR count). The molecule has 0 spiro atoms. The molecule has 5 aromatic rings. The van der Waals surface area contributed by atoms with E-state index in [0.29, 0.717) is 5.16 Å². The number of thiophene rings is 1. The molecule has 3 aromatic carbocycles. The lowest BCUT2D eigenvalue weighted by atomic mass is 9.97. The summed E-state index contributed by atoms with van der Waals surface area (Å²) in [5.74, 6) is -0.184. The average Bonchev–Trinajstić information content (AvgIpc) is 3.36. The number of carbonyl (C=O) groups excluding carboxylic acids is 1. The molecule has 1 aliphatic rings. The standard InChI is InChI=1S/C32H28N4O2S2/c1-21-11-17-25(18-12-21)36-31(38)29-26-9-5-6-10-27(26)40-30(29)34-32(36)39-20-28(37)35-33-19-22-13-15-24(16-14-22)23-7-3-2-4-8-23/h2-4,7-8,11-19H,5-6,9-10,20H2,1H3,(H,35,37)/b33-19+. The van der Waals surface area contributed by atoms with Crippen LogP contribution in [0.1, 0.15) is 34.4 Å². The van der Waals surface area contributed by atoms with Crippen molar-refractivity contribution in [1.82, 2.24) is 15.0 Å². The number of aromatic nitrogens is 2. The number of benzene rings is 3. The van der Waals surface area contributed by atoms with Gasteiger partial charge in [-0.15, -0.1) is 11.3 Å². The van der Waals surface area contributed by atoms with Gasteiger partial charge >= 0.3 is 0 Å². The second kappa shape index (κ2) is 11.6. The van der Waals surface area contributed by atoms with Gasteiger partial charge in [-0.3, -0.25) is 14.2 Å². The monoisotopic (exact) mass is 564 g/mol. The molecule has 0 atom stereocenters. The summed E-state index contributed by atoms with van der Waals surface area (Å²) in [6.07, 6.45) is 5.78. The quantitative estimate of drug-likeness (QED) is 0.105. The molecule has 0 saturated carbocycles. The van der Waals surface area contributed by atoms with Crippen molar-refractivity contribution < 1.29 is 4.79 Å². The number of amides is 1. The summed E-state index contributed by atoms with van der Waals surface area (Å²) in [4.78, 5) is 33.5. The van der Waals surface area contributed by atoms with Crippen LogP contribution >= 0.6 is 23.1 Å². The van der Waals surface area contributed by atoms with Gasteiger partial charge in [-0.25, -0.2) is 10.4 Å². The summed E-state index contributed by atoms with van der Waals surface area (Å²) >= 11 is 2.87. The predicted octanol–water partition coefficient (Wildman–Crippen LogP) is 6.54. The van der Waals surface area contributed by atoms with Crippen LogP contribution < -0.4 is 11.0 Å². The van der Waals surface area contributed by atoms with Crippen molar-refractivity contribution in [2.24, 2.45) is 5.10 Å². The number of hydrogen-bond acceptors (Lipinski definition) is 6. The van der Waals surface area contributed by atoms with E-state index in [1.807, 2.05) is 73.7 Å². The predicted molar refractivity (Wildman–Crippen MR) is 165 cm³/mol. The van der Waals surface area contributed by atoms with Gasteiger partial charge in [0.2, 0.25) is 0 Å². The lowest BCUT2D eigenvalue weighted by molar-refractivity contribution is -0.118. The number of nitrogens with zero attached hydrogens (tertiary/aromatic N) is 3. The molecule has 1 aliphatic carbocycles. The van der Waals surface area contributed by atoms with Gasteiger partial charge in [-0.1, -0.05) is 84.1 Å². The Balaban J connectivity index is 1.19. The normalized spacial score (nSPS) is 13.0. The molecule has 0 saturated heterocycles. The van der Waals surface area contributed by atoms with Gasteiger partial charge in [0, 0.05) is 4.88 Å². The fourth-order valence-corrected chi connectivity index (χ4v) is 7.05. The smallest absolute Gasteiger partial charge is 0.267 e. The van der Waals surface area contributed by atoms with Crippen molar-refractivity contribution in [2.45, 2.75) is 37.8 Å². The molecular formula is C32H28N4O2S2. The molecule has 6 nitrogen and oxygen atoms in total. The first-order valence-corrected chi connectivity index (χ1v) is 15.1. The molecule has 0 bridgehead atoms. The number of rotatable bonds is 7. The van der Waals surface area contributed by atoms with Crippen LogP contribution in [-0.2, 0) is 17.6 Å². The summed E-state index contributed by atoms with van der Waals surface area (Å²) in [7, 11) is 0. The maximum atomic E-state index is 13.8. The molecule has 2 aromatic heterocycles. The third-order valence-corrected chi connectivity index (χ3v) is 9.13. The van der Waals surface area contributed by atoms with Crippen LogP contribution in [-0.4, -0.2) is 27.4 Å². The molecule has 1 N–H and O–H groups in total. The topological polar surface area (TPSA) is 76.3 Å². The largest absolute Gasteiger partial charge is 0.272 e. The highest BCUT2D eigenvalue weighted by molar-refractivity contribution is 7.99. The second-order valence-electron chi connectivity index (χ2n) is 9.83. The number of hydrazone groups is 1. The van der Waals surface area contributed by atoms with Crippen LogP contribution in [0.5, 0.6) is 0 Å². The lowest BCUT2D eigenvalue weighted by Crippen LogP contribution is -2.24. The fraction of sp³-hybridized carbons (Fsp3) is 0.188. The molecule has 1 amide bonds. The minimum absolute atomic E-state index is 0.0619. The van der Waals surface area contributed by atoms with E-state index in [1.165, 1.54) is 16.6 Å². The zero-order chi connectivity index (χ0) is 27.5. The lowest BCUT2D eigenvalue weighted by Gasteiger charge is -2.13. The Morgan fingerprint density at radius 1 is 1.00 bits per heavy atom. The van der Waals surface area contributed by atoms with E-state index in [2.05, 4.69) is 22.7 Å². The minimum atomic E-state index is -0.266. The molecular weight excluding hydrogens is 537 g/mol. The Hall–Kier alpha value is -4.01. The van der Waals surface area contributed by atoms with Crippen LogP contribution in [0, 0.1) is 6.92 Å². The van der Waals surface area contributed by atoms with E-state index in [1.54, 1.807) is 22.1 Å². The SMILES string of the molecule is Cc1ccc(-n2c(SCC(=O)N/N=C/c3ccc(-c4ccccc4)cc3)nc3sc4c(c3c2=O)CCCC4)cc1. The van der Waals surface area contributed by atoms with Crippen molar-refractivity contribution >= 4 is 45.4 Å². The number of hydrogen-bond donors (Lipinski definition) is 1. The zero-order valence-electron chi connectivity index (χ0n) is 22.1.